The Kier molecular flexibility index (Phi) is 7.68. The van der Waals surface area contributed by atoms with E-state index in [1.165, 1.54) is 0 Å². The lowest BCUT2D eigenvalue weighted by Crippen LogP contribution is -2.80. The standard InChI is InChI=1S/C24H2BF18/c26-4-2-6(28)11(30)13(32)7(4)25(3-1-5(27)12(31)18(37)10(3)29,8-14(33)19(38)23(42)20(39)15(8)34)9-16(35)21(40)24(43)22(41)17(9)36/h1-2H/q-1. The Morgan fingerprint density at radius 2 is 0.535 bits per heavy atom. The smallest absolute Gasteiger partial charge is 0.200 e. The van der Waals surface area contributed by atoms with Crippen molar-refractivity contribution in [1.29, 1.82) is 0 Å². The molecule has 0 atom stereocenters. The monoisotopic (exact) mass is 643 g/mol. The first kappa shape index (κ1) is 31.6. The van der Waals surface area contributed by atoms with E-state index in [0.29, 0.717) is 0 Å². The van der Waals surface area contributed by atoms with Crippen molar-refractivity contribution in [1.82, 2.24) is 0 Å². The Hall–Kier alpha value is -4.32. The van der Waals surface area contributed by atoms with Crippen LogP contribution >= 0.6 is 0 Å². The molecule has 0 aliphatic carbocycles. The first-order chi connectivity index (χ1) is 19.8. The molecule has 0 N–H and O–H groups in total. The largest absolute Gasteiger partial charge is 0.210 e. The molecular weight excluding hydrogens is 641 g/mol. The Bertz CT molecular complexity index is 1740. The van der Waals surface area contributed by atoms with Crippen LogP contribution in [0.25, 0.3) is 0 Å². The summed E-state index contributed by atoms with van der Waals surface area (Å²) in [5.74, 6) is -57.5. The van der Waals surface area contributed by atoms with E-state index < -0.39 is 145 Å². The molecule has 0 amide bonds. The van der Waals surface area contributed by atoms with Crippen molar-refractivity contribution < 1.29 is 79.0 Å². The molecule has 0 aromatic heterocycles. The van der Waals surface area contributed by atoms with Crippen molar-refractivity contribution in [2.75, 3.05) is 0 Å². The second kappa shape index (κ2) is 10.4. The molecule has 0 aliphatic rings. The molecule has 0 unspecified atom stereocenters. The number of benzene rings is 4. The van der Waals surface area contributed by atoms with E-state index in [9.17, 15) is 48.3 Å². The summed E-state index contributed by atoms with van der Waals surface area (Å²) >= 11 is 0. The van der Waals surface area contributed by atoms with Gasteiger partial charge in [-0.3, -0.25) is 0 Å². The molecule has 0 saturated heterocycles. The summed E-state index contributed by atoms with van der Waals surface area (Å²) in [7, 11) is 0. The maximum atomic E-state index is 15.3. The van der Waals surface area contributed by atoms with Crippen LogP contribution in [0.2, 0.25) is 0 Å². The summed E-state index contributed by atoms with van der Waals surface area (Å²) in [5, 5.41) is 0. The molecule has 0 aliphatic heterocycles. The molecule has 4 aromatic carbocycles. The number of rotatable bonds is 4. The van der Waals surface area contributed by atoms with E-state index in [0.717, 1.165) is 0 Å². The fourth-order valence-corrected chi connectivity index (χ4v) is 4.79. The lowest BCUT2D eigenvalue weighted by atomic mass is 9.12. The van der Waals surface area contributed by atoms with Gasteiger partial charge in [-0.25, -0.2) is 79.0 Å². The highest BCUT2D eigenvalue weighted by Crippen LogP contribution is 2.28. The van der Waals surface area contributed by atoms with Crippen molar-refractivity contribution in [3.63, 3.8) is 0 Å². The molecule has 0 spiro atoms. The van der Waals surface area contributed by atoms with Crippen molar-refractivity contribution in [3.8, 4) is 0 Å². The summed E-state index contributed by atoms with van der Waals surface area (Å²) < 4.78 is 264. The van der Waals surface area contributed by atoms with Gasteiger partial charge in [0.1, 0.15) is 41.0 Å². The minimum atomic E-state index is -6.56. The van der Waals surface area contributed by atoms with Gasteiger partial charge in [0.25, 0.3) is 0 Å². The predicted octanol–water partition coefficient (Wildman–Crippen LogP) is 5.57. The van der Waals surface area contributed by atoms with Crippen molar-refractivity contribution in [3.05, 3.63) is 117 Å². The first-order valence-electron chi connectivity index (χ1n) is 10.7. The first-order valence-corrected chi connectivity index (χ1v) is 10.7. The summed E-state index contributed by atoms with van der Waals surface area (Å²) in [5.41, 5.74) is -12.2. The maximum absolute atomic E-state index is 15.3. The van der Waals surface area contributed by atoms with Gasteiger partial charge in [-0.05, 0) is 0 Å². The van der Waals surface area contributed by atoms with Crippen molar-refractivity contribution in [2.24, 2.45) is 0 Å². The highest BCUT2D eigenvalue weighted by molar-refractivity contribution is 7.20. The van der Waals surface area contributed by atoms with Gasteiger partial charge in [0, 0.05) is 6.07 Å². The molecule has 19 heteroatoms. The third-order valence-corrected chi connectivity index (χ3v) is 6.53. The third-order valence-electron chi connectivity index (χ3n) is 6.53. The van der Waals surface area contributed by atoms with Crippen molar-refractivity contribution in [2.45, 2.75) is 0 Å². The topological polar surface area (TPSA) is 0 Å². The molecule has 4 rings (SSSR count). The summed E-state index contributed by atoms with van der Waals surface area (Å²) in [6, 6.07) is -1.85. The molecule has 43 heavy (non-hydrogen) atoms. The molecule has 4 aromatic rings. The van der Waals surface area contributed by atoms with Gasteiger partial charge in [0.15, 0.2) is 64.0 Å². The Morgan fingerprint density at radius 3 is 0.930 bits per heavy atom. The molecule has 0 nitrogen and oxygen atoms in total. The van der Waals surface area contributed by atoms with Crippen LogP contribution in [0.3, 0.4) is 0 Å². The van der Waals surface area contributed by atoms with Gasteiger partial charge in [-0.1, -0.05) is 6.07 Å². The Labute approximate surface area is 224 Å². The van der Waals surface area contributed by atoms with Crippen molar-refractivity contribution >= 4 is 28.0 Å². The highest BCUT2D eigenvalue weighted by atomic mass is 19.2. The van der Waals surface area contributed by atoms with E-state index in [-0.39, 0.29) is 0 Å². The lowest BCUT2D eigenvalue weighted by molar-refractivity contribution is 0.381. The van der Waals surface area contributed by atoms with Gasteiger partial charge >= 0.3 is 0 Å². The summed E-state index contributed by atoms with van der Waals surface area (Å²) in [6.07, 6.45) is -6.56. The Morgan fingerprint density at radius 1 is 0.256 bits per heavy atom. The lowest BCUT2D eigenvalue weighted by Gasteiger charge is -2.44. The van der Waals surface area contributed by atoms with Gasteiger partial charge in [-0.15, -0.1) is 16.4 Å². The second-order valence-corrected chi connectivity index (χ2v) is 8.60. The zero-order chi connectivity index (χ0) is 32.6. The highest BCUT2D eigenvalue weighted by Gasteiger charge is 2.50. The predicted molar refractivity (Wildman–Crippen MR) is 109 cm³/mol. The fraction of sp³-hybridized carbons (Fsp3) is 0. The van der Waals surface area contributed by atoms with Gasteiger partial charge in [0.05, 0.1) is 5.82 Å². The maximum Gasteiger partial charge on any atom is 0.200 e. The van der Waals surface area contributed by atoms with Crippen LogP contribution in [-0.2, 0) is 0 Å². The quantitative estimate of drug-likeness (QED) is 0.118. The SMILES string of the molecule is Fc1cc([B-](c2c(F)cc(F)c(F)c2F)(c2c(F)c(F)c(F)c(F)c2F)c2c(F)c(F)c(F)c(F)c2F)c(F)c(F)c1F. The molecule has 0 saturated carbocycles. The fourth-order valence-electron chi connectivity index (χ4n) is 4.79. The Balaban J connectivity index is 2.62. The number of halogens is 18. The van der Waals surface area contributed by atoms with Crippen LogP contribution in [0.5, 0.6) is 0 Å². The van der Waals surface area contributed by atoms with Crippen LogP contribution in [0.4, 0.5) is 79.0 Å². The molecule has 0 radical (unpaired) electrons. The van der Waals surface area contributed by atoms with Crippen LogP contribution in [-0.4, -0.2) is 6.15 Å². The average Bonchev–Trinajstić information content (AvgIpc) is 2.96. The molecule has 228 valence electrons. The molecular formula is C24H2BF18-. The van der Waals surface area contributed by atoms with Crippen LogP contribution < -0.4 is 21.9 Å². The summed E-state index contributed by atoms with van der Waals surface area (Å²) in [6.45, 7) is 0. The zero-order valence-electron chi connectivity index (χ0n) is 19.5. The minimum absolute atomic E-state index is 0.878. The minimum Gasteiger partial charge on any atom is -0.210 e. The third kappa shape index (κ3) is 4.14. The number of hydrogen-bond donors (Lipinski definition) is 0. The van der Waals surface area contributed by atoms with Crippen LogP contribution in [0, 0.1) is 105 Å². The van der Waals surface area contributed by atoms with E-state index in [4.69, 9.17) is 0 Å². The molecule has 0 bridgehead atoms. The van der Waals surface area contributed by atoms with E-state index in [2.05, 4.69) is 0 Å². The van der Waals surface area contributed by atoms with Crippen LogP contribution in [0.15, 0.2) is 12.1 Å². The number of hydrogen-bond acceptors (Lipinski definition) is 0. The van der Waals surface area contributed by atoms with E-state index in [1.54, 1.807) is 0 Å². The average molecular weight is 643 g/mol. The second-order valence-electron chi connectivity index (χ2n) is 8.60. The van der Waals surface area contributed by atoms with E-state index >= 15 is 30.7 Å². The normalized spacial score (nSPS) is 12.0. The van der Waals surface area contributed by atoms with Gasteiger partial charge < -0.3 is 0 Å². The molecule has 0 heterocycles. The van der Waals surface area contributed by atoms with E-state index in [1.807, 2.05) is 0 Å². The molecule has 0 fully saturated rings. The summed E-state index contributed by atoms with van der Waals surface area (Å²) in [4.78, 5) is 0. The van der Waals surface area contributed by atoms with Gasteiger partial charge in [-0.2, -0.15) is 5.46 Å². The van der Waals surface area contributed by atoms with Gasteiger partial charge in [0.2, 0.25) is 0 Å². The van der Waals surface area contributed by atoms with Crippen LogP contribution in [0.1, 0.15) is 0 Å². The zero-order valence-corrected chi connectivity index (χ0v) is 19.5.